The Labute approximate surface area is 469 Å². The second-order valence-electron chi connectivity index (χ2n) is 20.5. The van der Waals surface area contributed by atoms with Gasteiger partial charge in [-0.1, -0.05) is 258 Å². The summed E-state index contributed by atoms with van der Waals surface area (Å²) >= 11 is 0. The van der Waals surface area contributed by atoms with Crippen molar-refractivity contribution < 1.29 is 28.6 Å². The van der Waals surface area contributed by atoms with Crippen molar-refractivity contribution >= 4 is 17.9 Å². The maximum absolute atomic E-state index is 12.9. The number of rotatable bonds is 56. The van der Waals surface area contributed by atoms with Crippen LogP contribution in [0.4, 0.5) is 0 Å². The highest BCUT2D eigenvalue weighted by atomic mass is 16.6. The van der Waals surface area contributed by atoms with E-state index in [0.717, 1.165) is 135 Å². The SMILES string of the molecule is CC/C=C\C/C=C\C/C=C\C/C=C\C/C=C\C/C=C\CCCCCCCCCCC(=O)OCC(COC(=O)CCCCCCC/C=C\CCCCCCC)OC(=O)CCCCCCCCC/C=C\C/C=C\C/C=C\CC. The van der Waals surface area contributed by atoms with Crippen molar-refractivity contribution in [1.82, 2.24) is 0 Å². The fourth-order valence-corrected chi connectivity index (χ4v) is 8.51. The number of unbranched alkanes of at least 4 members (excludes halogenated alkanes) is 25. The standard InChI is InChI=1S/C70H116O6/c1-4-7-10-13-16-19-22-25-28-30-31-32-33-34-35-36-37-38-39-41-42-45-48-51-54-57-60-63-69(72)75-66-67(65-74-68(71)62-59-56-53-50-47-44-27-24-21-18-15-12-9-6-3)76-70(73)64-61-58-55-52-49-46-43-40-29-26-23-20-17-14-11-8-5-2/h7-8,10-11,16-17,19-20,24-29,31-32,34-35,37-38,67H,4-6,9,12-15,18,21-23,30,33,36,39-66H2,1-3H3/b10-7-,11-8-,19-16-,20-17-,27-24-,28-25-,29-26-,32-31-,35-34-,38-37-. The average molecular weight is 1050 g/mol. The van der Waals surface area contributed by atoms with Crippen molar-refractivity contribution in [2.45, 2.75) is 290 Å². The zero-order valence-electron chi connectivity index (χ0n) is 49.5. The van der Waals surface area contributed by atoms with Gasteiger partial charge in [0.2, 0.25) is 0 Å². The Morgan fingerprint density at radius 3 is 0.816 bits per heavy atom. The number of hydrogen-bond acceptors (Lipinski definition) is 6. The number of carbonyl (C=O) groups is 3. The molecule has 0 heterocycles. The van der Waals surface area contributed by atoms with E-state index in [2.05, 4.69) is 142 Å². The maximum Gasteiger partial charge on any atom is 0.306 e. The third kappa shape index (κ3) is 60.7. The summed E-state index contributed by atoms with van der Waals surface area (Å²) < 4.78 is 16.9. The molecule has 0 aliphatic carbocycles. The van der Waals surface area contributed by atoms with Gasteiger partial charge in [0.1, 0.15) is 13.2 Å². The van der Waals surface area contributed by atoms with Gasteiger partial charge in [-0.05, 0) is 128 Å². The van der Waals surface area contributed by atoms with Gasteiger partial charge in [-0.25, -0.2) is 0 Å². The molecule has 0 bridgehead atoms. The maximum atomic E-state index is 12.9. The average Bonchev–Trinajstić information content (AvgIpc) is 3.42. The van der Waals surface area contributed by atoms with E-state index >= 15 is 0 Å². The van der Waals surface area contributed by atoms with Crippen LogP contribution in [0.25, 0.3) is 0 Å². The lowest BCUT2D eigenvalue weighted by Gasteiger charge is -2.18. The van der Waals surface area contributed by atoms with Crippen LogP contribution in [-0.4, -0.2) is 37.2 Å². The highest BCUT2D eigenvalue weighted by Crippen LogP contribution is 2.15. The summed E-state index contributed by atoms with van der Waals surface area (Å²) in [6.07, 6.45) is 87.7. The van der Waals surface area contributed by atoms with E-state index in [4.69, 9.17) is 14.2 Å². The number of carbonyl (C=O) groups excluding carboxylic acids is 3. The van der Waals surface area contributed by atoms with Crippen molar-refractivity contribution in [1.29, 1.82) is 0 Å². The lowest BCUT2D eigenvalue weighted by atomic mass is 10.1. The van der Waals surface area contributed by atoms with E-state index in [1.54, 1.807) is 0 Å². The van der Waals surface area contributed by atoms with Crippen molar-refractivity contribution in [3.63, 3.8) is 0 Å². The second-order valence-corrected chi connectivity index (χ2v) is 20.5. The summed E-state index contributed by atoms with van der Waals surface area (Å²) in [5.74, 6) is -0.913. The number of esters is 3. The Hall–Kier alpha value is -4.19. The zero-order chi connectivity index (χ0) is 55.0. The van der Waals surface area contributed by atoms with Crippen molar-refractivity contribution in [2.24, 2.45) is 0 Å². The second kappa shape index (κ2) is 63.3. The van der Waals surface area contributed by atoms with Crippen LogP contribution < -0.4 is 0 Å². The lowest BCUT2D eigenvalue weighted by Crippen LogP contribution is -2.30. The van der Waals surface area contributed by atoms with Gasteiger partial charge < -0.3 is 14.2 Å². The molecule has 0 saturated carbocycles. The molecule has 0 saturated heterocycles. The van der Waals surface area contributed by atoms with Gasteiger partial charge in [-0.2, -0.15) is 0 Å². The van der Waals surface area contributed by atoms with E-state index in [-0.39, 0.29) is 31.1 Å². The van der Waals surface area contributed by atoms with E-state index in [9.17, 15) is 14.4 Å². The fraction of sp³-hybridized carbons (Fsp3) is 0.671. The summed E-state index contributed by atoms with van der Waals surface area (Å²) in [6, 6.07) is 0. The minimum Gasteiger partial charge on any atom is -0.462 e. The van der Waals surface area contributed by atoms with Gasteiger partial charge >= 0.3 is 17.9 Å². The molecule has 0 aromatic carbocycles. The van der Waals surface area contributed by atoms with Gasteiger partial charge in [0.15, 0.2) is 6.10 Å². The molecule has 0 amide bonds. The van der Waals surface area contributed by atoms with Crippen LogP contribution in [0, 0.1) is 0 Å². The molecule has 1 unspecified atom stereocenters. The molecule has 1 atom stereocenters. The van der Waals surface area contributed by atoms with E-state index in [0.29, 0.717) is 19.3 Å². The molecule has 0 aliphatic rings. The van der Waals surface area contributed by atoms with E-state index in [1.165, 1.54) is 109 Å². The lowest BCUT2D eigenvalue weighted by molar-refractivity contribution is -0.167. The molecular formula is C70H116O6. The molecule has 76 heavy (non-hydrogen) atoms. The third-order valence-electron chi connectivity index (χ3n) is 13.2. The molecule has 6 heteroatoms. The van der Waals surface area contributed by atoms with Crippen LogP contribution in [0.15, 0.2) is 122 Å². The molecule has 0 rings (SSSR count). The smallest absolute Gasteiger partial charge is 0.306 e. The fourth-order valence-electron chi connectivity index (χ4n) is 8.51. The minimum atomic E-state index is -0.794. The highest BCUT2D eigenvalue weighted by molar-refractivity contribution is 5.71. The predicted molar refractivity (Wildman–Crippen MR) is 330 cm³/mol. The van der Waals surface area contributed by atoms with Gasteiger partial charge in [0.25, 0.3) is 0 Å². The summed E-state index contributed by atoms with van der Waals surface area (Å²) in [7, 11) is 0. The Morgan fingerprint density at radius 1 is 0.276 bits per heavy atom. The van der Waals surface area contributed by atoms with Crippen LogP contribution in [0.1, 0.15) is 284 Å². The summed E-state index contributed by atoms with van der Waals surface area (Å²) in [6.45, 7) is 6.40. The molecule has 0 fully saturated rings. The topological polar surface area (TPSA) is 78.9 Å². The first kappa shape index (κ1) is 71.8. The Kier molecular flexibility index (Phi) is 59.9. The first-order chi connectivity index (χ1) is 37.5. The van der Waals surface area contributed by atoms with Gasteiger partial charge in [-0.15, -0.1) is 0 Å². The molecule has 0 aromatic rings. The van der Waals surface area contributed by atoms with E-state index < -0.39 is 6.10 Å². The first-order valence-corrected chi connectivity index (χ1v) is 31.5. The molecule has 0 aromatic heterocycles. The monoisotopic (exact) mass is 1050 g/mol. The number of hydrogen-bond donors (Lipinski definition) is 0. The third-order valence-corrected chi connectivity index (χ3v) is 13.2. The van der Waals surface area contributed by atoms with Crippen molar-refractivity contribution in [2.75, 3.05) is 13.2 Å². The van der Waals surface area contributed by atoms with E-state index in [1.807, 2.05) is 0 Å². The van der Waals surface area contributed by atoms with Crippen LogP contribution in [-0.2, 0) is 28.6 Å². The van der Waals surface area contributed by atoms with Crippen molar-refractivity contribution in [3.05, 3.63) is 122 Å². The van der Waals surface area contributed by atoms with Crippen LogP contribution in [0.3, 0.4) is 0 Å². The summed E-state index contributed by atoms with van der Waals surface area (Å²) in [5, 5.41) is 0. The Morgan fingerprint density at radius 2 is 0.513 bits per heavy atom. The largest absolute Gasteiger partial charge is 0.462 e. The van der Waals surface area contributed by atoms with Gasteiger partial charge in [0.05, 0.1) is 0 Å². The van der Waals surface area contributed by atoms with Crippen LogP contribution in [0.2, 0.25) is 0 Å². The van der Waals surface area contributed by atoms with Crippen LogP contribution >= 0.6 is 0 Å². The molecule has 0 spiro atoms. The molecular weight excluding hydrogens is 937 g/mol. The summed E-state index contributed by atoms with van der Waals surface area (Å²) in [5.41, 5.74) is 0. The Balaban J connectivity index is 4.37. The van der Waals surface area contributed by atoms with Gasteiger partial charge in [0, 0.05) is 19.3 Å². The quantitative estimate of drug-likeness (QED) is 0.0261. The highest BCUT2D eigenvalue weighted by Gasteiger charge is 2.19. The van der Waals surface area contributed by atoms with Gasteiger partial charge in [-0.3, -0.25) is 14.4 Å². The normalized spacial score (nSPS) is 12.9. The minimum absolute atomic E-state index is 0.0906. The molecule has 432 valence electrons. The molecule has 0 aliphatic heterocycles. The predicted octanol–water partition coefficient (Wildman–Crippen LogP) is 21.6. The van der Waals surface area contributed by atoms with Crippen molar-refractivity contribution in [3.8, 4) is 0 Å². The number of ether oxygens (including phenoxy) is 3. The first-order valence-electron chi connectivity index (χ1n) is 31.5. The Bertz CT molecular complexity index is 1590. The zero-order valence-corrected chi connectivity index (χ0v) is 49.5. The molecule has 0 N–H and O–H groups in total. The molecule has 6 nitrogen and oxygen atoms in total. The summed E-state index contributed by atoms with van der Waals surface area (Å²) in [4.78, 5) is 38.3. The number of allylic oxidation sites excluding steroid dienone is 20. The van der Waals surface area contributed by atoms with Crippen LogP contribution in [0.5, 0.6) is 0 Å². The molecule has 0 radical (unpaired) electrons.